The molecule has 1 saturated heterocycles. The summed E-state index contributed by atoms with van der Waals surface area (Å²) in [6.45, 7) is 3.83. The van der Waals surface area contributed by atoms with Gasteiger partial charge in [-0.1, -0.05) is 0 Å². The molecule has 1 aromatic rings. The van der Waals surface area contributed by atoms with Gasteiger partial charge in [0, 0.05) is 32.7 Å². The number of rotatable bonds is 4. The van der Waals surface area contributed by atoms with Gasteiger partial charge >= 0.3 is 0 Å². The number of ether oxygens (including phenoxy) is 1. The molecule has 19 heavy (non-hydrogen) atoms. The summed E-state index contributed by atoms with van der Waals surface area (Å²) in [6.07, 6.45) is 1.60. The third-order valence-corrected chi connectivity index (χ3v) is 3.23. The van der Waals surface area contributed by atoms with Gasteiger partial charge in [-0.15, -0.1) is 0 Å². The van der Waals surface area contributed by atoms with E-state index >= 15 is 0 Å². The molecular weight excluding hydrogens is 244 g/mol. The molecule has 0 bridgehead atoms. The molecular formula is C13H20N4O2. The van der Waals surface area contributed by atoms with Gasteiger partial charge in [-0.3, -0.25) is 9.78 Å². The second-order valence-electron chi connectivity index (χ2n) is 4.66. The van der Waals surface area contributed by atoms with Gasteiger partial charge in [0.15, 0.2) is 6.61 Å². The lowest BCUT2D eigenvalue weighted by molar-refractivity contribution is -0.134. The molecule has 104 valence electrons. The summed E-state index contributed by atoms with van der Waals surface area (Å²) in [5.41, 5.74) is 6.27. The van der Waals surface area contributed by atoms with Crippen LogP contribution in [0.2, 0.25) is 0 Å². The van der Waals surface area contributed by atoms with Crippen molar-refractivity contribution in [3.8, 4) is 5.75 Å². The second kappa shape index (κ2) is 6.49. The largest absolute Gasteiger partial charge is 0.482 e. The summed E-state index contributed by atoms with van der Waals surface area (Å²) in [5, 5.41) is 0. The summed E-state index contributed by atoms with van der Waals surface area (Å²) in [7, 11) is 2.06. The number of hydrogen-bond acceptors (Lipinski definition) is 5. The van der Waals surface area contributed by atoms with Crippen LogP contribution in [0.3, 0.4) is 0 Å². The van der Waals surface area contributed by atoms with Crippen LogP contribution in [-0.4, -0.2) is 60.5 Å². The van der Waals surface area contributed by atoms with Gasteiger partial charge in [0.2, 0.25) is 0 Å². The lowest BCUT2D eigenvalue weighted by Crippen LogP contribution is -2.48. The van der Waals surface area contributed by atoms with Gasteiger partial charge in [-0.2, -0.15) is 0 Å². The number of hydrogen-bond donors (Lipinski definition) is 1. The molecule has 0 aromatic carbocycles. The van der Waals surface area contributed by atoms with Crippen LogP contribution in [0.1, 0.15) is 5.69 Å². The first-order valence-corrected chi connectivity index (χ1v) is 6.43. The second-order valence-corrected chi connectivity index (χ2v) is 4.66. The molecule has 0 atom stereocenters. The summed E-state index contributed by atoms with van der Waals surface area (Å²) in [4.78, 5) is 20.1. The van der Waals surface area contributed by atoms with Gasteiger partial charge in [0.1, 0.15) is 5.75 Å². The first-order valence-electron chi connectivity index (χ1n) is 6.43. The third kappa shape index (κ3) is 3.90. The molecule has 1 aliphatic rings. The van der Waals surface area contributed by atoms with E-state index in [0.717, 1.165) is 31.9 Å². The van der Waals surface area contributed by atoms with E-state index in [1.807, 2.05) is 4.90 Å². The standard InChI is InChI=1S/C13H20N4O2/c1-16-4-6-17(7-5-16)13(18)10-19-12-3-2-11(8-14)15-9-12/h2-3,9H,4-8,10,14H2,1H3. The van der Waals surface area contributed by atoms with Gasteiger partial charge < -0.3 is 20.3 Å². The molecule has 2 N–H and O–H groups in total. The summed E-state index contributed by atoms with van der Waals surface area (Å²) >= 11 is 0. The van der Waals surface area contributed by atoms with Crippen molar-refractivity contribution in [2.24, 2.45) is 5.73 Å². The average molecular weight is 264 g/mol. The molecule has 2 heterocycles. The van der Waals surface area contributed by atoms with Gasteiger partial charge in [-0.05, 0) is 19.2 Å². The van der Waals surface area contributed by atoms with Crippen molar-refractivity contribution >= 4 is 5.91 Å². The van der Waals surface area contributed by atoms with Crippen molar-refractivity contribution in [3.05, 3.63) is 24.0 Å². The lowest BCUT2D eigenvalue weighted by Gasteiger charge is -2.32. The fraction of sp³-hybridized carbons (Fsp3) is 0.538. The number of amides is 1. The summed E-state index contributed by atoms with van der Waals surface area (Å²) < 4.78 is 5.44. The van der Waals surface area contributed by atoms with E-state index in [0.29, 0.717) is 12.3 Å². The average Bonchev–Trinajstić information content (AvgIpc) is 2.46. The molecule has 0 aliphatic carbocycles. The lowest BCUT2D eigenvalue weighted by atomic mass is 10.3. The highest BCUT2D eigenvalue weighted by Crippen LogP contribution is 2.09. The fourth-order valence-electron chi connectivity index (χ4n) is 1.91. The van der Waals surface area contributed by atoms with Crippen LogP contribution in [0.25, 0.3) is 0 Å². The molecule has 6 heteroatoms. The first-order chi connectivity index (χ1) is 9.19. The van der Waals surface area contributed by atoms with Crippen molar-refractivity contribution in [1.82, 2.24) is 14.8 Å². The minimum absolute atomic E-state index is 0.0241. The maximum absolute atomic E-state index is 11.9. The molecule has 0 radical (unpaired) electrons. The number of carbonyl (C=O) groups excluding carboxylic acids is 1. The summed E-state index contributed by atoms with van der Waals surface area (Å²) in [5.74, 6) is 0.621. The van der Waals surface area contributed by atoms with Gasteiger partial charge in [0.25, 0.3) is 5.91 Å². The Bertz CT molecular complexity index is 413. The van der Waals surface area contributed by atoms with Gasteiger partial charge in [0.05, 0.1) is 11.9 Å². The number of piperazine rings is 1. The Morgan fingerprint density at radius 2 is 2.11 bits per heavy atom. The molecule has 6 nitrogen and oxygen atoms in total. The van der Waals surface area contributed by atoms with E-state index in [4.69, 9.17) is 10.5 Å². The van der Waals surface area contributed by atoms with Crippen LogP contribution in [0.4, 0.5) is 0 Å². The Morgan fingerprint density at radius 3 is 2.68 bits per heavy atom. The third-order valence-electron chi connectivity index (χ3n) is 3.23. The van der Waals surface area contributed by atoms with Crippen LogP contribution < -0.4 is 10.5 Å². The molecule has 1 aliphatic heterocycles. The fourth-order valence-corrected chi connectivity index (χ4v) is 1.91. The van der Waals surface area contributed by atoms with Crippen LogP contribution in [0, 0.1) is 0 Å². The Kier molecular flexibility index (Phi) is 4.70. The monoisotopic (exact) mass is 264 g/mol. The first kappa shape index (κ1) is 13.8. The van der Waals surface area contributed by atoms with Crippen molar-refractivity contribution in [1.29, 1.82) is 0 Å². The number of nitrogens with zero attached hydrogens (tertiary/aromatic N) is 3. The quantitative estimate of drug-likeness (QED) is 0.808. The number of aromatic nitrogens is 1. The predicted octanol–water partition coefficient (Wildman–Crippen LogP) is -0.307. The highest BCUT2D eigenvalue weighted by Gasteiger charge is 2.19. The van der Waals surface area contributed by atoms with Crippen molar-refractivity contribution in [2.75, 3.05) is 39.8 Å². The molecule has 1 amide bonds. The van der Waals surface area contributed by atoms with E-state index in [1.54, 1.807) is 18.3 Å². The highest BCUT2D eigenvalue weighted by atomic mass is 16.5. The topological polar surface area (TPSA) is 71.7 Å². The van der Waals surface area contributed by atoms with Crippen LogP contribution in [-0.2, 0) is 11.3 Å². The molecule has 1 aromatic heterocycles. The minimum Gasteiger partial charge on any atom is -0.482 e. The Labute approximate surface area is 113 Å². The number of carbonyl (C=O) groups is 1. The maximum atomic E-state index is 11.9. The molecule has 0 unspecified atom stereocenters. The molecule has 0 spiro atoms. The van der Waals surface area contributed by atoms with E-state index in [2.05, 4.69) is 16.9 Å². The van der Waals surface area contributed by atoms with Crippen molar-refractivity contribution in [3.63, 3.8) is 0 Å². The molecule has 1 fully saturated rings. The summed E-state index contributed by atoms with van der Waals surface area (Å²) in [6, 6.07) is 3.59. The van der Waals surface area contributed by atoms with Crippen molar-refractivity contribution in [2.45, 2.75) is 6.54 Å². The number of likely N-dealkylation sites (N-methyl/N-ethyl adjacent to an activating group) is 1. The number of pyridine rings is 1. The predicted molar refractivity (Wildman–Crippen MR) is 71.7 cm³/mol. The van der Waals surface area contributed by atoms with E-state index < -0.39 is 0 Å². The van der Waals surface area contributed by atoms with E-state index in [-0.39, 0.29) is 12.5 Å². The zero-order valence-corrected chi connectivity index (χ0v) is 11.2. The maximum Gasteiger partial charge on any atom is 0.260 e. The molecule has 0 saturated carbocycles. The Morgan fingerprint density at radius 1 is 1.37 bits per heavy atom. The van der Waals surface area contributed by atoms with Crippen LogP contribution in [0.15, 0.2) is 18.3 Å². The number of nitrogens with two attached hydrogens (primary N) is 1. The van der Waals surface area contributed by atoms with E-state index in [1.165, 1.54) is 0 Å². The Hall–Kier alpha value is -1.66. The van der Waals surface area contributed by atoms with Gasteiger partial charge in [-0.25, -0.2) is 0 Å². The van der Waals surface area contributed by atoms with Crippen molar-refractivity contribution < 1.29 is 9.53 Å². The normalized spacial score (nSPS) is 16.4. The van der Waals surface area contributed by atoms with E-state index in [9.17, 15) is 4.79 Å². The zero-order valence-electron chi connectivity index (χ0n) is 11.2. The minimum atomic E-state index is 0.0241. The van der Waals surface area contributed by atoms with Crippen LogP contribution >= 0.6 is 0 Å². The highest BCUT2D eigenvalue weighted by molar-refractivity contribution is 5.77. The smallest absolute Gasteiger partial charge is 0.260 e. The van der Waals surface area contributed by atoms with Crippen LogP contribution in [0.5, 0.6) is 5.75 Å². The Balaban J connectivity index is 1.79. The SMILES string of the molecule is CN1CCN(C(=O)COc2ccc(CN)nc2)CC1. The zero-order chi connectivity index (χ0) is 13.7. The molecule has 2 rings (SSSR count).